The number of likely N-dealkylation sites (N-methyl/N-ethyl adjacent to an activating group) is 1. The molecule has 1 aromatic rings. The van der Waals surface area contributed by atoms with E-state index in [1.807, 2.05) is 20.2 Å². The molecular formula is C9H17N5. The van der Waals surface area contributed by atoms with Crippen molar-refractivity contribution in [2.24, 2.45) is 0 Å². The van der Waals surface area contributed by atoms with E-state index >= 15 is 0 Å². The van der Waals surface area contributed by atoms with E-state index in [0.717, 1.165) is 12.4 Å². The number of nitrogens with one attached hydrogen (secondary N) is 1. The van der Waals surface area contributed by atoms with Gasteiger partial charge in [-0.3, -0.25) is 0 Å². The third-order valence-electron chi connectivity index (χ3n) is 2.15. The van der Waals surface area contributed by atoms with Gasteiger partial charge in [0.2, 0.25) is 0 Å². The Bertz CT molecular complexity index is 269. The first-order valence-electron chi connectivity index (χ1n) is 4.59. The Morgan fingerprint density at radius 1 is 1.43 bits per heavy atom. The van der Waals surface area contributed by atoms with Crippen molar-refractivity contribution in [3.05, 3.63) is 12.1 Å². The first kappa shape index (κ1) is 10.7. The first-order chi connectivity index (χ1) is 6.59. The largest absolute Gasteiger partial charge is 0.382 e. The number of nitrogen functional groups attached to an aromatic ring is 1. The Hall–Kier alpha value is -1.36. The fourth-order valence-corrected chi connectivity index (χ4v) is 0.872. The Kier molecular flexibility index (Phi) is 3.64. The van der Waals surface area contributed by atoms with E-state index in [1.165, 1.54) is 0 Å². The molecule has 1 aromatic heterocycles. The third-order valence-corrected chi connectivity index (χ3v) is 2.15. The minimum Gasteiger partial charge on any atom is -0.382 e. The van der Waals surface area contributed by atoms with Gasteiger partial charge in [0.05, 0.1) is 0 Å². The second-order valence-electron chi connectivity index (χ2n) is 3.54. The van der Waals surface area contributed by atoms with E-state index in [0.29, 0.717) is 11.9 Å². The Morgan fingerprint density at radius 3 is 2.64 bits per heavy atom. The highest BCUT2D eigenvalue weighted by Crippen LogP contribution is 2.03. The second kappa shape index (κ2) is 4.76. The summed E-state index contributed by atoms with van der Waals surface area (Å²) in [6, 6.07) is 4.01. The molecule has 0 aliphatic heterocycles. The van der Waals surface area contributed by atoms with Crippen LogP contribution in [0.15, 0.2) is 12.1 Å². The summed E-state index contributed by atoms with van der Waals surface area (Å²) in [4.78, 5) is 2.14. The monoisotopic (exact) mass is 195 g/mol. The molecule has 78 valence electrons. The van der Waals surface area contributed by atoms with Crippen LogP contribution >= 0.6 is 0 Å². The molecule has 0 saturated heterocycles. The first-order valence-corrected chi connectivity index (χ1v) is 4.59. The van der Waals surface area contributed by atoms with E-state index in [9.17, 15) is 0 Å². The van der Waals surface area contributed by atoms with Crippen molar-refractivity contribution in [1.82, 2.24) is 15.1 Å². The standard InChI is InChI=1S/C9H17N5/c1-7(14(2)3)6-11-9-5-4-8(10)12-13-9/h4-5,7H,6H2,1-3H3,(H2,10,12)(H,11,13). The zero-order valence-electron chi connectivity index (χ0n) is 8.86. The number of nitrogens with two attached hydrogens (primary N) is 1. The van der Waals surface area contributed by atoms with Gasteiger partial charge >= 0.3 is 0 Å². The lowest BCUT2D eigenvalue weighted by Gasteiger charge is -2.19. The third kappa shape index (κ3) is 3.18. The molecule has 0 aromatic carbocycles. The van der Waals surface area contributed by atoms with Crippen molar-refractivity contribution in [1.29, 1.82) is 0 Å². The smallest absolute Gasteiger partial charge is 0.148 e. The minimum absolute atomic E-state index is 0.441. The van der Waals surface area contributed by atoms with Crippen LogP contribution < -0.4 is 11.1 Å². The summed E-state index contributed by atoms with van der Waals surface area (Å²) in [5, 5.41) is 10.8. The molecule has 14 heavy (non-hydrogen) atoms. The summed E-state index contributed by atoms with van der Waals surface area (Å²) in [6.45, 7) is 2.98. The predicted octanol–water partition coefficient (Wildman–Crippen LogP) is 0.421. The van der Waals surface area contributed by atoms with Crippen molar-refractivity contribution in [2.45, 2.75) is 13.0 Å². The molecule has 5 nitrogen and oxygen atoms in total. The Morgan fingerprint density at radius 2 is 2.14 bits per heavy atom. The van der Waals surface area contributed by atoms with Gasteiger partial charge in [0.25, 0.3) is 0 Å². The molecular weight excluding hydrogens is 178 g/mol. The van der Waals surface area contributed by atoms with E-state index < -0.39 is 0 Å². The fraction of sp³-hybridized carbons (Fsp3) is 0.556. The van der Waals surface area contributed by atoms with Gasteiger partial charge in [0.1, 0.15) is 11.6 Å². The number of rotatable bonds is 4. The maximum atomic E-state index is 5.42. The molecule has 0 bridgehead atoms. The van der Waals surface area contributed by atoms with Crippen LogP contribution in [0.5, 0.6) is 0 Å². The molecule has 0 radical (unpaired) electrons. The number of hydrogen-bond donors (Lipinski definition) is 2. The fourth-order valence-electron chi connectivity index (χ4n) is 0.872. The van der Waals surface area contributed by atoms with Crippen LogP contribution in [0.3, 0.4) is 0 Å². The highest BCUT2D eigenvalue weighted by atomic mass is 15.2. The Labute approximate surface area is 84.3 Å². The maximum absolute atomic E-state index is 5.42. The van der Waals surface area contributed by atoms with Gasteiger partial charge in [-0.2, -0.15) is 0 Å². The summed E-state index contributed by atoms with van der Waals surface area (Å²) >= 11 is 0. The molecule has 0 amide bonds. The second-order valence-corrected chi connectivity index (χ2v) is 3.54. The zero-order valence-corrected chi connectivity index (χ0v) is 8.86. The number of aromatic nitrogens is 2. The lowest BCUT2D eigenvalue weighted by Crippen LogP contribution is -2.31. The van der Waals surface area contributed by atoms with Gasteiger partial charge in [0.15, 0.2) is 0 Å². The lowest BCUT2D eigenvalue weighted by molar-refractivity contribution is 0.326. The molecule has 0 aliphatic rings. The maximum Gasteiger partial charge on any atom is 0.148 e. The topological polar surface area (TPSA) is 67.1 Å². The molecule has 0 fully saturated rings. The highest BCUT2D eigenvalue weighted by molar-refractivity contribution is 5.38. The van der Waals surface area contributed by atoms with Crippen molar-refractivity contribution in [2.75, 3.05) is 31.7 Å². The molecule has 1 rings (SSSR count). The van der Waals surface area contributed by atoms with Crippen LogP contribution in [-0.4, -0.2) is 41.8 Å². The summed E-state index contributed by atoms with van der Waals surface area (Å²) in [7, 11) is 4.09. The van der Waals surface area contributed by atoms with E-state index in [2.05, 4.69) is 27.3 Å². The van der Waals surface area contributed by atoms with Gasteiger partial charge in [-0.05, 0) is 33.2 Å². The minimum atomic E-state index is 0.441. The van der Waals surface area contributed by atoms with Gasteiger partial charge < -0.3 is 16.0 Å². The molecule has 0 saturated carbocycles. The van der Waals surface area contributed by atoms with E-state index in [-0.39, 0.29) is 0 Å². The molecule has 0 spiro atoms. The van der Waals surface area contributed by atoms with Crippen LogP contribution in [0.1, 0.15) is 6.92 Å². The van der Waals surface area contributed by atoms with Crippen molar-refractivity contribution >= 4 is 11.6 Å². The average molecular weight is 195 g/mol. The average Bonchev–Trinajstić information content (AvgIpc) is 2.16. The summed E-state index contributed by atoms with van der Waals surface area (Å²) in [5.41, 5.74) is 5.42. The number of anilines is 2. The number of hydrogen-bond acceptors (Lipinski definition) is 5. The summed E-state index contributed by atoms with van der Waals surface area (Å²) in [5.74, 6) is 1.20. The molecule has 1 heterocycles. The van der Waals surface area contributed by atoms with Crippen molar-refractivity contribution in [3.8, 4) is 0 Å². The lowest BCUT2D eigenvalue weighted by atomic mass is 10.3. The quantitative estimate of drug-likeness (QED) is 0.729. The van der Waals surface area contributed by atoms with Gasteiger partial charge in [-0.25, -0.2) is 0 Å². The van der Waals surface area contributed by atoms with Gasteiger partial charge in [-0.1, -0.05) is 0 Å². The molecule has 0 aliphatic carbocycles. The zero-order chi connectivity index (χ0) is 10.6. The van der Waals surface area contributed by atoms with Crippen molar-refractivity contribution in [3.63, 3.8) is 0 Å². The highest BCUT2D eigenvalue weighted by Gasteiger charge is 2.03. The van der Waals surface area contributed by atoms with Crippen LogP contribution in [0.25, 0.3) is 0 Å². The number of nitrogens with zero attached hydrogens (tertiary/aromatic N) is 3. The van der Waals surface area contributed by atoms with E-state index in [4.69, 9.17) is 5.73 Å². The summed E-state index contributed by atoms with van der Waals surface area (Å²) < 4.78 is 0. The Balaban J connectivity index is 2.42. The molecule has 1 atom stereocenters. The van der Waals surface area contributed by atoms with Crippen LogP contribution in [0.4, 0.5) is 11.6 Å². The van der Waals surface area contributed by atoms with Crippen molar-refractivity contribution < 1.29 is 0 Å². The van der Waals surface area contributed by atoms with Crippen LogP contribution in [-0.2, 0) is 0 Å². The molecule has 3 N–H and O–H groups in total. The summed E-state index contributed by atoms with van der Waals surface area (Å²) in [6.07, 6.45) is 0. The van der Waals surface area contributed by atoms with Crippen LogP contribution in [0.2, 0.25) is 0 Å². The predicted molar refractivity (Wildman–Crippen MR) is 58.1 cm³/mol. The molecule has 5 heteroatoms. The molecule has 1 unspecified atom stereocenters. The normalized spacial score (nSPS) is 12.9. The van der Waals surface area contributed by atoms with Crippen LogP contribution in [0, 0.1) is 0 Å². The SMILES string of the molecule is CC(CNc1ccc(N)nn1)N(C)C. The van der Waals surface area contributed by atoms with Gasteiger partial charge in [-0.15, -0.1) is 10.2 Å². The van der Waals surface area contributed by atoms with Gasteiger partial charge in [0, 0.05) is 12.6 Å². The van der Waals surface area contributed by atoms with E-state index in [1.54, 1.807) is 6.07 Å².